The number of hydrogen-bond acceptors (Lipinski definition) is 4. The topological polar surface area (TPSA) is 86.8 Å². The molecule has 1 aliphatic rings. The smallest absolute Gasteiger partial charge is 0.261 e. The first kappa shape index (κ1) is 26.1. The highest BCUT2D eigenvalue weighted by atomic mass is 16.2. The number of carbonyl (C=O) groups is 4. The maximum absolute atomic E-state index is 13.4. The fourth-order valence-electron chi connectivity index (χ4n) is 4.31. The van der Waals surface area contributed by atoms with Crippen LogP contribution >= 0.6 is 0 Å². The molecule has 2 aromatic rings. The van der Waals surface area contributed by atoms with Crippen LogP contribution in [0.25, 0.3) is 0 Å². The fraction of sp³-hybridized carbons (Fsp3) is 0.429. The average Bonchev–Trinajstić information content (AvgIpc) is 3.09. The molecule has 0 fully saturated rings. The van der Waals surface area contributed by atoms with Crippen molar-refractivity contribution in [3.63, 3.8) is 0 Å². The van der Waals surface area contributed by atoms with E-state index in [1.807, 2.05) is 52.0 Å². The Morgan fingerprint density at radius 1 is 0.943 bits per heavy atom. The van der Waals surface area contributed by atoms with Gasteiger partial charge in [0.05, 0.1) is 11.1 Å². The first-order valence-electron chi connectivity index (χ1n) is 12.4. The van der Waals surface area contributed by atoms with Crippen molar-refractivity contribution < 1.29 is 19.2 Å². The average molecular weight is 478 g/mol. The van der Waals surface area contributed by atoms with Crippen molar-refractivity contribution in [2.24, 2.45) is 0 Å². The standard InChI is InChI=1S/C28H35N3O4/c1-5-20(4)29-26(33)24(6-2)31(18-21-13-8-7-12-19(21)3)25(32)16-11-17-30-27(34)22-14-9-10-15-23(22)28(30)35/h7-10,12-15,20,24H,5-6,11,16-18H2,1-4H3,(H,29,33)/t20-,24+/m0/s1. The van der Waals surface area contributed by atoms with Gasteiger partial charge in [0.25, 0.3) is 11.8 Å². The highest BCUT2D eigenvalue weighted by molar-refractivity contribution is 6.21. The van der Waals surface area contributed by atoms with Crippen LogP contribution in [-0.2, 0) is 16.1 Å². The monoisotopic (exact) mass is 477 g/mol. The lowest BCUT2D eigenvalue weighted by Crippen LogP contribution is -2.50. The lowest BCUT2D eigenvalue weighted by Gasteiger charge is -2.32. The predicted molar refractivity (Wildman–Crippen MR) is 135 cm³/mol. The van der Waals surface area contributed by atoms with Crippen molar-refractivity contribution in [3.8, 4) is 0 Å². The van der Waals surface area contributed by atoms with Crippen LogP contribution in [0.15, 0.2) is 48.5 Å². The summed E-state index contributed by atoms with van der Waals surface area (Å²) in [7, 11) is 0. The van der Waals surface area contributed by atoms with E-state index in [1.54, 1.807) is 29.2 Å². The summed E-state index contributed by atoms with van der Waals surface area (Å²) in [5, 5.41) is 3.01. The summed E-state index contributed by atoms with van der Waals surface area (Å²) in [4.78, 5) is 54.6. The Morgan fingerprint density at radius 3 is 2.11 bits per heavy atom. The summed E-state index contributed by atoms with van der Waals surface area (Å²) in [5.74, 6) is -0.983. The number of rotatable bonds is 11. The second-order valence-electron chi connectivity index (χ2n) is 9.10. The lowest BCUT2D eigenvalue weighted by molar-refractivity contribution is -0.141. The molecule has 0 radical (unpaired) electrons. The number of carbonyl (C=O) groups excluding carboxylic acids is 4. The first-order chi connectivity index (χ1) is 16.8. The van der Waals surface area contributed by atoms with E-state index in [0.717, 1.165) is 17.5 Å². The van der Waals surface area contributed by atoms with Crippen LogP contribution in [-0.4, -0.2) is 52.1 Å². The van der Waals surface area contributed by atoms with Crippen molar-refractivity contribution in [2.45, 2.75) is 72.0 Å². The van der Waals surface area contributed by atoms with Gasteiger partial charge in [-0.2, -0.15) is 0 Å². The third-order valence-electron chi connectivity index (χ3n) is 6.64. The number of nitrogens with zero attached hydrogens (tertiary/aromatic N) is 2. The fourth-order valence-corrected chi connectivity index (χ4v) is 4.31. The quantitative estimate of drug-likeness (QED) is 0.494. The Labute approximate surface area is 207 Å². The van der Waals surface area contributed by atoms with Crippen LogP contribution in [0.1, 0.15) is 78.3 Å². The molecule has 7 heteroatoms. The highest BCUT2D eigenvalue weighted by Gasteiger charge is 2.35. The molecule has 7 nitrogen and oxygen atoms in total. The molecular formula is C28H35N3O4. The number of hydrogen-bond donors (Lipinski definition) is 1. The minimum absolute atomic E-state index is 0.0146. The molecule has 1 N–H and O–H groups in total. The molecule has 4 amide bonds. The van der Waals surface area contributed by atoms with Gasteiger partial charge >= 0.3 is 0 Å². The Kier molecular flexibility index (Phi) is 8.79. The Balaban J connectivity index is 1.72. The molecule has 1 aliphatic heterocycles. The van der Waals surface area contributed by atoms with Gasteiger partial charge in [-0.3, -0.25) is 24.1 Å². The van der Waals surface area contributed by atoms with E-state index in [0.29, 0.717) is 30.5 Å². The Morgan fingerprint density at radius 2 is 1.54 bits per heavy atom. The molecule has 0 spiro atoms. The number of fused-ring (bicyclic) bond motifs is 1. The van der Waals surface area contributed by atoms with E-state index < -0.39 is 6.04 Å². The van der Waals surface area contributed by atoms with E-state index in [-0.39, 0.29) is 42.6 Å². The second-order valence-corrected chi connectivity index (χ2v) is 9.10. The van der Waals surface area contributed by atoms with Crippen LogP contribution < -0.4 is 5.32 Å². The van der Waals surface area contributed by atoms with Gasteiger partial charge in [-0.15, -0.1) is 0 Å². The molecular weight excluding hydrogens is 442 g/mol. The third kappa shape index (κ3) is 5.96. The highest BCUT2D eigenvalue weighted by Crippen LogP contribution is 2.23. The van der Waals surface area contributed by atoms with Gasteiger partial charge in [0.15, 0.2) is 0 Å². The third-order valence-corrected chi connectivity index (χ3v) is 6.64. The first-order valence-corrected chi connectivity index (χ1v) is 12.4. The zero-order valence-corrected chi connectivity index (χ0v) is 21.0. The maximum Gasteiger partial charge on any atom is 0.261 e. The Bertz CT molecular complexity index is 1060. The number of nitrogens with one attached hydrogen (secondary N) is 1. The second kappa shape index (κ2) is 11.8. The van der Waals surface area contributed by atoms with Crippen molar-refractivity contribution in [2.75, 3.05) is 6.54 Å². The van der Waals surface area contributed by atoms with Gasteiger partial charge in [-0.05, 0) is 56.4 Å². The van der Waals surface area contributed by atoms with Gasteiger partial charge in [0.2, 0.25) is 11.8 Å². The van der Waals surface area contributed by atoms with Gasteiger partial charge in [-0.25, -0.2) is 0 Å². The van der Waals surface area contributed by atoms with E-state index in [1.165, 1.54) is 4.90 Å². The van der Waals surface area contributed by atoms with Crippen LogP contribution in [0.2, 0.25) is 0 Å². The van der Waals surface area contributed by atoms with Crippen molar-refractivity contribution in [1.82, 2.24) is 15.1 Å². The minimum atomic E-state index is -0.601. The van der Waals surface area contributed by atoms with Crippen molar-refractivity contribution in [3.05, 3.63) is 70.8 Å². The number of aryl methyl sites for hydroxylation is 1. The number of amides is 4. The molecule has 1 heterocycles. The summed E-state index contributed by atoms with van der Waals surface area (Å²) < 4.78 is 0. The lowest BCUT2D eigenvalue weighted by atomic mass is 10.0. The van der Waals surface area contributed by atoms with Crippen LogP contribution in [0.3, 0.4) is 0 Å². The van der Waals surface area contributed by atoms with Crippen LogP contribution in [0.4, 0.5) is 0 Å². The summed E-state index contributed by atoms with van der Waals surface area (Å²) in [6.45, 7) is 8.32. The van der Waals surface area contributed by atoms with Gasteiger partial charge < -0.3 is 10.2 Å². The maximum atomic E-state index is 13.4. The zero-order valence-electron chi connectivity index (χ0n) is 21.0. The predicted octanol–water partition coefficient (Wildman–Crippen LogP) is 4.09. The van der Waals surface area contributed by atoms with E-state index in [9.17, 15) is 19.2 Å². The van der Waals surface area contributed by atoms with Gasteiger partial charge in [0, 0.05) is 25.6 Å². The SMILES string of the molecule is CC[C@H](C(=O)N[C@@H](C)CC)N(Cc1ccccc1C)C(=O)CCCN1C(=O)c2ccccc2C1=O. The molecule has 0 aliphatic carbocycles. The molecule has 35 heavy (non-hydrogen) atoms. The normalized spacial score (nSPS) is 14.5. The summed E-state index contributed by atoms with van der Waals surface area (Å²) in [6, 6.07) is 14.0. The number of benzene rings is 2. The molecule has 3 rings (SSSR count). The summed E-state index contributed by atoms with van der Waals surface area (Å²) in [5.41, 5.74) is 2.83. The molecule has 0 unspecified atom stereocenters. The number of imide groups is 1. The van der Waals surface area contributed by atoms with Gasteiger partial charge in [-0.1, -0.05) is 50.2 Å². The summed E-state index contributed by atoms with van der Waals surface area (Å²) in [6.07, 6.45) is 1.75. The molecule has 0 bridgehead atoms. The molecule has 0 saturated heterocycles. The van der Waals surface area contributed by atoms with Crippen LogP contribution in [0, 0.1) is 6.92 Å². The van der Waals surface area contributed by atoms with E-state index in [2.05, 4.69) is 5.32 Å². The van der Waals surface area contributed by atoms with E-state index >= 15 is 0 Å². The summed E-state index contributed by atoms with van der Waals surface area (Å²) >= 11 is 0. The minimum Gasteiger partial charge on any atom is -0.352 e. The zero-order chi connectivity index (χ0) is 25.5. The Hall–Kier alpha value is -3.48. The molecule has 0 aromatic heterocycles. The van der Waals surface area contributed by atoms with Gasteiger partial charge in [0.1, 0.15) is 6.04 Å². The molecule has 186 valence electrons. The molecule has 2 atom stereocenters. The molecule has 0 saturated carbocycles. The van der Waals surface area contributed by atoms with E-state index in [4.69, 9.17) is 0 Å². The largest absolute Gasteiger partial charge is 0.352 e. The van der Waals surface area contributed by atoms with Crippen molar-refractivity contribution >= 4 is 23.6 Å². The van der Waals surface area contributed by atoms with Crippen LogP contribution in [0.5, 0.6) is 0 Å². The van der Waals surface area contributed by atoms with Crippen molar-refractivity contribution in [1.29, 1.82) is 0 Å². The molecule has 2 aromatic carbocycles.